The van der Waals surface area contributed by atoms with Crippen molar-refractivity contribution in [2.24, 2.45) is 0 Å². The van der Waals surface area contributed by atoms with Crippen LogP contribution in [0.25, 0.3) is 0 Å². The summed E-state index contributed by atoms with van der Waals surface area (Å²) in [7, 11) is 0. The van der Waals surface area contributed by atoms with Crippen molar-refractivity contribution in [3.63, 3.8) is 0 Å². The van der Waals surface area contributed by atoms with Crippen LogP contribution in [0.1, 0.15) is 19.4 Å². The summed E-state index contributed by atoms with van der Waals surface area (Å²) in [5.74, 6) is 0.754. The average molecular weight is 306 g/mol. The Kier molecular flexibility index (Phi) is 5.10. The Morgan fingerprint density at radius 3 is 2.24 bits per heavy atom. The van der Waals surface area contributed by atoms with Gasteiger partial charge in [-0.15, -0.1) is 0 Å². The quantitative estimate of drug-likeness (QED) is 0.844. The number of hydrogen-bond donors (Lipinski definition) is 2. The third kappa shape index (κ3) is 4.96. The molecule has 112 valence electrons. The highest BCUT2D eigenvalue weighted by Crippen LogP contribution is 2.19. The first-order valence-corrected chi connectivity index (χ1v) is 7.24. The molecule has 0 bridgehead atoms. The van der Waals surface area contributed by atoms with Crippen molar-refractivity contribution in [2.75, 3.05) is 11.9 Å². The van der Waals surface area contributed by atoms with Crippen LogP contribution in [-0.4, -0.2) is 17.3 Å². The van der Waals surface area contributed by atoms with Gasteiger partial charge in [-0.1, -0.05) is 23.7 Å². The molecule has 0 unspecified atom stereocenters. The number of benzene rings is 2. The highest BCUT2D eigenvalue weighted by atomic mass is 35.5. The lowest BCUT2D eigenvalue weighted by Crippen LogP contribution is -2.32. The van der Waals surface area contributed by atoms with Crippen LogP contribution < -0.4 is 10.1 Å². The molecule has 0 spiro atoms. The van der Waals surface area contributed by atoms with E-state index < -0.39 is 5.60 Å². The first-order chi connectivity index (χ1) is 9.98. The molecule has 0 aliphatic rings. The van der Waals surface area contributed by atoms with Gasteiger partial charge >= 0.3 is 0 Å². The van der Waals surface area contributed by atoms with E-state index in [1.54, 1.807) is 0 Å². The van der Waals surface area contributed by atoms with Gasteiger partial charge in [0.1, 0.15) is 11.4 Å². The smallest absolute Gasteiger partial charge is 0.126 e. The van der Waals surface area contributed by atoms with Crippen LogP contribution in [0.15, 0.2) is 48.5 Å². The standard InChI is InChI=1S/C17H20ClNO2/c1-17(2,12-20)21-16-9-3-13(4-10-16)11-19-15-7-5-14(18)6-8-15/h3-10,19-20H,11-12H2,1-2H3. The van der Waals surface area contributed by atoms with Crippen molar-refractivity contribution in [3.05, 3.63) is 59.1 Å². The Balaban J connectivity index is 1.92. The van der Waals surface area contributed by atoms with Gasteiger partial charge in [0.2, 0.25) is 0 Å². The van der Waals surface area contributed by atoms with E-state index in [0.29, 0.717) is 0 Å². The van der Waals surface area contributed by atoms with Crippen molar-refractivity contribution in [2.45, 2.75) is 26.0 Å². The van der Waals surface area contributed by atoms with Crippen LogP contribution in [0, 0.1) is 0 Å². The lowest BCUT2D eigenvalue weighted by atomic mass is 10.1. The van der Waals surface area contributed by atoms with Crippen molar-refractivity contribution in [1.29, 1.82) is 0 Å². The zero-order valence-electron chi connectivity index (χ0n) is 12.3. The molecule has 2 rings (SSSR count). The first-order valence-electron chi connectivity index (χ1n) is 6.87. The third-order valence-corrected chi connectivity index (χ3v) is 3.29. The van der Waals surface area contributed by atoms with Crippen molar-refractivity contribution >= 4 is 17.3 Å². The molecule has 0 atom stereocenters. The minimum Gasteiger partial charge on any atom is -0.485 e. The van der Waals surface area contributed by atoms with Gasteiger partial charge in [-0.25, -0.2) is 0 Å². The average Bonchev–Trinajstić information content (AvgIpc) is 2.48. The second-order valence-corrected chi connectivity index (χ2v) is 5.96. The van der Waals surface area contributed by atoms with E-state index >= 15 is 0 Å². The molecule has 0 fully saturated rings. The molecule has 0 saturated heterocycles. The number of ether oxygens (including phenoxy) is 1. The third-order valence-electron chi connectivity index (χ3n) is 3.04. The van der Waals surface area contributed by atoms with Gasteiger partial charge in [-0.3, -0.25) is 0 Å². The molecular weight excluding hydrogens is 286 g/mol. The molecule has 2 N–H and O–H groups in total. The molecule has 0 saturated carbocycles. The van der Waals surface area contributed by atoms with Crippen LogP contribution in [0.4, 0.5) is 5.69 Å². The van der Waals surface area contributed by atoms with Crippen LogP contribution in [0.2, 0.25) is 5.02 Å². The zero-order valence-corrected chi connectivity index (χ0v) is 13.0. The van der Waals surface area contributed by atoms with Gasteiger partial charge in [0.25, 0.3) is 0 Å². The summed E-state index contributed by atoms with van der Waals surface area (Å²) in [6, 6.07) is 15.5. The maximum atomic E-state index is 9.20. The summed E-state index contributed by atoms with van der Waals surface area (Å²) < 4.78 is 5.70. The highest BCUT2D eigenvalue weighted by Gasteiger charge is 2.17. The van der Waals surface area contributed by atoms with Crippen molar-refractivity contribution < 1.29 is 9.84 Å². The van der Waals surface area contributed by atoms with E-state index in [2.05, 4.69) is 5.32 Å². The number of rotatable bonds is 6. The number of halogens is 1. The molecule has 0 heterocycles. The molecule has 2 aromatic carbocycles. The van der Waals surface area contributed by atoms with E-state index in [0.717, 1.165) is 28.6 Å². The maximum Gasteiger partial charge on any atom is 0.126 e. The maximum absolute atomic E-state index is 9.20. The van der Waals surface area contributed by atoms with Gasteiger partial charge in [0.15, 0.2) is 0 Å². The van der Waals surface area contributed by atoms with Crippen LogP contribution >= 0.6 is 11.6 Å². The number of hydrogen-bond acceptors (Lipinski definition) is 3. The molecule has 0 amide bonds. The Bertz CT molecular complexity index is 564. The summed E-state index contributed by atoms with van der Waals surface area (Å²) in [5, 5.41) is 13.3. The largest absolute Gasteiger partial charge is 0.485 e. The first kappa shape index (κ1) is 15.7. The fourth-order valence-corrected chi connectivity index (χ4v) is 1.92. The van der Waals surface area contributed by atoms with Crippen molar-refractivity contribution in [3.8, 4) is 5.75 Å². The molecule has 0 aliphatic carbocycles. The number of aliphatic hydroxyl groups excluding tert-OH is 1. The molecule has 2 aromatic rings. The lowest BCUT2D eigenvalue weighted by molar-refractivity contribution is 0.0412. The predicted octanol–water partition coefficient (Wildman–Crippen LogP) is 4.10. The highest BCUT2D eigenvalue weighted by molar-refractivity contribution is 6.30. The Morgan fingerprint density at radius 2 is 1.67 bits per heavy atom. The Hall–Kier alpha value is -1.71. The molecule has 0 aromatic heterocycles. The zero-order chi connectivity index (χ0) is 15.3. The van der Waals surface area contributed by atoms with Gasteiger partial charge in [-0.2, -0.15) is 0 Å². The Morgan fingerprint density at radius 1 is 1.05 bits per heavy atom. The minimum atomic E-state index is -0.566. The van der Waals surface area contributed by atoms with E-state index in [-0.39, 0.29) is 6.61 Å². The second-order valence-electron chi connectivity index (χ2n) is 5.52. The fourth-order valence-electron chi connectivity index (χ4n) is 1.80. The fraction of sp³-hybridized carbons (Fsp3) is 0.294. The van der Waals surface area contributed by atoms with Gasteiger partial charge in [0, 0.05) is 17.3 Å². The summed E-state index contributed by atoms with van der Waals surface area (Å²) in [6.45, 7) is 4.41. The molecule has 0 radical (unpaired) electrons. The van der Waals surface area contributed by atoms with E-state index in [1.165, 1.54) is 0 Å². The number of nitrogens with one attached hydrogen (secondary N) is 1. The van der Waals surface area contributed by atoms with Crippen molar-refractivity contribution in [1.82, 2.24) is 0 Å². The van der Waals surface area contributed by atoms with Crippen LogP contribution in [0.3, 0.4) is 0 Å². The SMILES string of the molecule is CC(C)(CO)Oc1ccc(CNc2ccc(Cl)cc2)cc1. The summed E-state index contributed by atoms with van der Waals surface area (Å²) in [6.07, 6.45) is 0. The van der Waals surface area contributed by atoms with E-state index in [1.807, 2.05) is 62.4 Å². The molecule has 0 aliphatic heterocycles. The van der Waals surface area contributed by atoms with Crippen LogP contribution in [0.5, 0.6) is 5.75 Å². The van der Waals surface area contributed by atoms with Gasteiger partial charge in [0.05, 0.1) is 6.61 Å². The summed E-state index contributed by atoms with van der Waals surface area (Å²) in [5.41, 5.74) is 1.61. The lowest BCUT2D eigenvalue weighted by Gasteiger charge is -2.24. The number of aliphatic hydroxyl groups is 1. The monoisotopic (exact) mass is 305 g/mol. The molecule has 21 heavy (non-hydrogen) atoms. The Labute approximate surface area is 130 Å². The summed E-state index contributed by atoms with van der Waals surface area (Å²) >= 11 is 5.85. The topological polar surface area (TPSA) is 41.5 Å². The molecular formula is C17H20ClNO2. The number of anilines is 1. The van der Waals surface area contributed by atoms with Crippen LogP contribution in [-0.2, 0) is 6.54 Å². The minimum absolute atomic E-state index is 0.0210. The predicted molar refractivity (Wildman–Crippen MR) is 87.0 cm³/mol. The van der Waals surface area contributed by atoms with Gasteiger partial charge < -0.3 is 15.2 Å². The van der Waals surface area contributed by atoms with E-state index in [4.69, 9.17) is 16.3 Å². The van der Waals surface area contributed by atoms with Gasteiger partial charge in [-0.05, 0) is 55.8 Å². The second kappa shape index (κ2) is 6.83. The summed E-state index contributed by atoms with van der Waals surface area (Å²) in [4.78, 5) is 0. The van der Waals surface area contributed by atoms with E-state index in [9.17, 15) is 5.11 Å². The molecule has 3 nitrogen and oxygen atoms in total. The molecule has 4 heteroatoms. The normalized spacial score (nSPS) is 11.2.